The molecule has 3 aromatic rings. The highest BCUT2D eigenvalue weighted by molar-refractivity contribution is 7.94. The number of azo groups is 2. The average Bonchev–Trinajstić information content (AvgIpc) is 2.67. The maximum Gasteiger partial charge on any atom is 0.152 e. The third kappa shape index (κ3) is 4.29. The lowest BCUT2D eigenvalue weighted by Gasteiger charge is -2.10. The molecule has 0 aliphatic heterocycles. The summed E-state index contributed by atoms with van der Waals surface area (Å²) in [5, 5.41) is 40.3. The summed E-state index contributed by atoms with van der Waals surface area (Å²) in [6.07, 6.45) is 0. The van der Waals surface area contributed by atoms with Crippen LogP contribution in [0, 0.1) is 6.92 Å². The van der Waals surface area contributed by atoms with Gasteiger partial charge in [-0.15, -0.1) is 9.45 Å². The van der Waals surface area contributed by atoms with Crippen LogP contribution in [0.5, 0.6) is 5.75 Å². The van der Waals surface area contributed by atoms with Gasteiger partial charge in [-0.2, -0.15) is 15.3 Å². The van der Waals surface area contributed by atoms with Gasteiger partial charge in [0.2, 0.25) is 0 Å². The van der Waals surface area contributed by atoms with Gasteiger partial charge in [0.1, 0.15) is 5.69 Å². The lowest BCUT2D eigenvalue weighted by atomic mass is 10.0. The standard InChI is InChI=1S/C18H16N4O4S/c1-11-4-3-5-12-10-15(27-26-25-24)17(18(23)16(11)12)22-21-14-8-6-13(7-9-14)20-19-2/h3-10,23-24H,1-2H3. The van der Waals surface area contributed by atoms with Crippen LogP contribution in [0.3, 0.4) is 0 Å². The number of hydrogen-bond donors (Lipinski definition) is 2. The average molecular weight is 384 g/mol. The smallest absolute Gasteiger partial charge is 0.152 e. The van der Waals surface area contributed by atoms with Crippen LogP contribution in [0.25, 0.3) is 10.8 Å². The molecule has 0 saturated carbocycles. The molecular formula is C18H16N4O4S. The monoisotopic (exact) mass is 384 g/mol. The summed E-state index contributed by atoms with van der Waals surface area (Å²) >= 11 is 0.713. The first kappa shape index (κ1) is 18.9. The highest BCUT2D eigenvalue weighted by Crippen LogP contribution is 2.44. The van der Waals surface area contributed by atoms with Gasteiger partial charge in [0.25, 0.3) is 0 Å². The van der Waals surface area contributed by atoms with E-state index in [1.807, 2.05) is 25.1 Å². The normalized spacial score (nSPS) is 11.8. The summed E-state index contributed by atoms with van der Waals surface area (Å²) in [6, 6.07) is 14.4. The number of phenolic OH excluding ortho intramolecular Hbond substituents is 1. The molecule has 27 heavy (non-hydrogen) atoms. The highest BCUT2D eigenvalue weighted by Gasteiger charge is 2.16. The van der Waals surface area contributed by atoms with E-state index in [1.54, 1.807) is 37.4 Å². The molecule has 3 rings (SSSR count). The zero-order valence-corrected chi connectivity index (χ0v) is 15.3. The predicted molar refractivity (Wildman–Crippen MR) is 102 cm³/mol. The van der Waals surface area contributed by atoms with E-state index in [1.165, 1.54) is 0 Å². The second-order valence-corrected chi connectivity index (χ2v) is 6.23. The first-order valence-corrected chi connectivity index (χ1v) is 8.60. The van der Waals surface area contributed by atoms with E-state index >= 15 is 0 Å². The van der Waals surface area contributed by atoms with Gasteiger partial charge < -0.3 is 5.11 Å². The summed E-state index contributed by atoms with van der Waals surface area (Å²) in [5.74, 6) is -0.0326. The van der Waals surface area contributed by atoms with Gasteiger partial charge in [-0.05, 0) is 48.2 Å². The minimum absolute atomic E-state index is 0.0326. The van der Waals surface area contributed by atoms with Crippen molar-refractivity contribution in [1.82, 2.24) is 0 Å². The van der Waals surface area contributed by atoms with Crippen LogP contribution >= 0.6 is 12.0 Å². The maximum atomic E-state index is 10.7. The summed E-state index contributed by atoms with van der Waals surface area (Å²) in [6.45, 7) is 1.89. The number of aryl methyl sites for hydroxylation is 1. The summed E-state index contributed by atoms with van der Waals surface area (Å²) < 4.78 is 4.53. The Morgan fingerprint density at radius 2 is 1.67 bits per heavy atom. The number of rotatable bonds is 6. The van der Waals surface area contributed by atoms with Crippen LogP contribution in [0.15, 0.2) is 73.9 Å². The van der Waals surface area contributed by atoms with E-state index in [9.17, 15) is 5.11 Å². The largest absolute Gasteiger partial charge is 0.505 e. The van der Waals surface area contributed by atoms with Gasteiger partial charge in [0.15, 0.2) is 5.75 Å². The van der Waals surface area contributed by atoms with Gasteiger partial charge in [-0.1, -0.05) is 23.2 Å². The molecule has 9 heteroatoms. The fourth-order valence-corrected chi connectivity index (χ4v) is 3.10. The fraction of sp³-hybridized carbons (Fsp3) is 0.111. The van der Waals surface area contributed by atoms with Crippen molar-refractivity contribution in [2.24, 2.45) is 20.5 Å². The predicted octanol–water partition coefficient (Wildman–Crippen LogP) is 6.41. The Labute approximate surface area is 159 Å². The van der Waals surface area contributed by atoms with Gasteiger partial charge in [-0.3, -0.25) is 0 Å². The molecule has 0 radical (unpaired) electrons. The van der Waals surface area contributed by atoms with Crippen LogP contribution < -0.4 is 0 Å². The van der Waals surface area contributed by atoms with E-state index in [2.05, 4.69) is 29.8 Å². The Hall–Kier alpha value is -2.85. The van der Waals surface area contributed by atoms with E-state index < -0.39 is 0 Å². The van der Waals surface area contributed by atoms with E-state index in [0.717, 1.165) is 10.9 Å². The minimum Gasteiger partial charge on any atom is -0.505 e. The molecule has 0 atom stereocenters. The Morgan fingerprint density at radius 1 is 0.963 bits per heavy atom. The van der Waals surface area contributed by atoms with Crippen molar-refractivity contribution < 1.29 is 19.7 Å². The number of phenols is 1. The molecule has 138 valence electrons. The number of hydrogen-bond acceptors (Lipinski definition) is 9. The first-order chi connectivity index (χ1) is 13.1. The quantitative estimate of drug-likeness (QED) is 0.221. The minimum atomic E-state index is -0.0326. The van der Waals surface area contributed by atoms with Gasteiger partial charge in [0, 0.05) is 12.4 Å². The summed E-state index contributed by atoms with van der Waals surface area (Å²) in [7, 11) is 1.59. The third-order valence-corrected chi connectivity index (χ3v) is 4.39. The van der Waals surface area contributed by atoms with Crippen molar-refractivity contribution in [3.63, 3.8) is 0 Å². The fourth-order valence-electron chi connectivity index (χ4n) is 2.60. The maximum absolute atomic E-state index is 10.7. The highest BCUT2D eigenvalue weighted by atomic mass is 32.2. The number of aromatic hydroxyl groups is 1. The zero-order valence-electron chi connectivity index (χ0n) is 14.5. The van der Waals surface area contributed by atoms with E-state index in [4.69, 9.17) is 5.26 Å². The molecular weight excluding hydrogens is 368 g/mol. The number of benzene rings is 3. The molecule has 0 fully saturated rings. The molecule has 2 N–H and O–H groups in total. The molecule has 0 saturated heterocycles. The van der Waals surface area contributed by atoms with Crippen LogP contribution in [0.2, 0.25) is 0 Å². The molecule has 0 amide bonds. The van der Waals surface area contributed by atoms with Crippen molar-refractivity contribution >= 4 is 39.9 Å². The molecule has 0 aliphatic rings. The molecule has 0 spiro atoms. The van der Waals surface area contributed by atoms with Crippen LogP contribution in [0.4, 0.5) is 17.1 Å². The van der Waals surface area contributed by atoms with Crippen molar-refractivity contribution in [3.8, 4) is 5.75 Å². The number of nitrogens with zero attached hydrogens (tertiary/aromatic N) is 4. The van der Waals surface area contributed by atoms with Crippen LogP contribution in [-0.2, 0) is 9.37 Å². The molecule has 0 aromatic heterocycles. The lowest BCUT2D eigenvalue weighted by Crippen LogP contribution is -1.85. The molecule has 8 nitrogen and oxygen atoms in total. The van der Waals surface area contributed by atoms with Gasteiger partial charge in [-0.25, -0.2) is 5.26 Å². The second-order valence-electron chi connectivity index (χ2n) is 5.49. The first-order valence-electron chi connectivity index (χ1n) is 7.85. The van der Waals surface area contributed by atoms with Crippen molar-refractivity contribution in [2.75, 3.05) is 7.05 Å². The van der Waals surface area contributed by atoms with Crippen LogP contribution in [-0.4, -0.2) is 17.4 Å². The SMILES string of the molecule is CN=Nc1ccc(N=Nc2c(SOOO)cc3cccc(C)c3c2O)cc1. The Kier molecular flexibility index (Phi) is 6.09. The molecule has 0 unspecified atom stereocenters. The van der Waals surface area contributed by atoms with Crippen molar-refractivity contribution in [3.05, 3.63) is 54.1 Å². The molecule has 0 heterocycles. The lowest BCUT2D eigenvalue weighted by molar-refractivity contribution is -0.432. The van der Waals surface area contributed by atoms with Gasteiger partial charge >= 0.3 is 0 Å². The zero-order chi connectivity index (χ0) is 19.2. The Morgan fingerprint density at radius 3 is 2.33 bits per heavy atom. The third-order valence-electron chi connectivity index (χ3n) is 3.77. The summed E-state index contributed by atoms with van der Waals surface area (Å²) in [5.41, 5.74) is 2.37. The Balaban J connectivity index is 2.05. The second kappa shape index (κ2) is 8.69. The molecule has 0 bridgehead atoms. The van der Waals surface area contributed by atoms with Crippen molar-refractivity contribution in [1.29, 1.82) is 0 Å². The van der Waals surface area contributed by atoms with Crippen molar-refractivity contribution in [2.45, 2.75) is 11.8 Å². The van der Waals surface area contributed by atoms with Crippen LogP contribution in [0.1, 0.15) is 5.56 Å². The topological polar surface area (TPSA) is 108 Å². The molecule has 3 aromatic carbocycles. The van der Waals surface area contributed by atoms with E-state index in [-0.39, 0.29) is 11.4 Å². The molecule has 0 aliphatic carbocycles. The van der Waals surface area contributed by atoms with E-state index in [0.29, 0.717) is 33.7 Å². The van der Waals surface area contributed by atoms with Gasteiger partial charge in [0.05, 0.1) is 28.3 Å². The number of fused-ring (bicyclic) bond motifs is 1. The Bertz CT molecular complexity index is 1010. The summed E-state index contributed by atoms with van der Waals surface area (Å²) in [4.78, 5) is 0.430.